The van der Waals surface area contributed by atoms with E-state index in [-0.39, 0.29) is 5.91 Å². The first-order valence-electron chi connectivity index (χ1n) is 9.14. The van der Waals surface area contributed by atoms with Crippen molar-refractivity contribution in [3.05, 3.63) is 52.8 Å². The summed E-state index contributed by atoms with van der Waals surface area (Å²) >= 11 is 1.71. The van der Waals surface area contributed by atoms with E-state index < -0.39 is 18.3 Å². The van der Waals surface area contributed by atoms with Crippen LogP contribution in [0.15, 0.2) is 47.9 Å². The van der Waals surface area contributed by atoms with Crippen molar-refractivity contribution in [1.82, 2.24) is 5.32 Å². The van der Waals surface area contributed by atoms with Crippen LogP contribution in [0.25, 0.3) is 16.5 Å². The number of rotatable bonds is 5. The molecule has 1 aliphatic heterocycles. The molecule has 1 aromatic heterocycles. The molecule has 1 aromatic carbocycles. The Hall–Kier alpha value is -1.89. The summed E-state index contributed by atoms with van der Waals surface area (Å²) in [6.07, 6.45) is 2.06. The second kappa shape index (κ2) is 7.62. The summed E-state index contributed by atoms with van der Waals surface area (Å²) < 4.78 is 12.4. The molecular weight excluding hydrogens is 357 g/mol. The average Bonchev–Trinajstić information content (AvgIpc) is 3.14. The number of hydrogen-bond donors (Lipinski definition) is 1. The van der Waals surface area contributed by atoms with Crippen molar-refractivity contribution in [2.24, 2.45) is 0 Å². The molecule has 1 amide bonds. The first-order chi connectivity index (χ1) is 12.7. The van der Waals surface area contributed by atoms with Crippen LogP contribution in [0, 0.1) is 0 Å². The van der Waals surface area contributed by atoms with Gasteiger partial charge in [-0.25, -0.2) is 0 Å². The van der Waals surface area contributed by atoms with Gasteiger partial charge in [0.05, 0.1) is 11.2 Å². The summed E-state index contributed by atoms with van der Waals surface area (Å²) in [7, 11) is -0.482. The van der Waals surface area contributed by atoms with E-state index in [4.69, 9.17) is 9.31 Å². The fourth-order valence-corrected chi connectivity index (χ4v) is 3.78. The highest BCUT2D eigenvalue weighted by molar-refractivity contribution is 7.16. The van der Waals surface area contributed by atoms with E-state index in [0.717, 1.165) is 10.3 Å². The van der Waals surface area contributed by atoms with E-state index in [1.165, 1.54) is 17.4 Å². The third kappa shape index (κ3) is 4.51. The predicted molar refractivity (Wildman–Crippen MR) is 112 cm³/mol. The molecule has 0 unspecified atom stereocenters. The monoisotopic (exact) mass is 383 g/mol. The highest BCUT2D eigenvalue weighted by Crippen LogP contribution is 2.39. The summed E-state index contributed by atoms with van der Waals surface area (Å²) in [4.78, 5) is 13.7. The van der Waals surface area contributed by atoms with E-state index in [9.17, 15) is 4.79 Å². The topological polar surface area (TPSA) is 47.6 Å². The molecule has 6 heteroatoms. The molecule has 0 spiro atoms. The zero-order valence-corrected chi connectivity index (χ0v) is 17.4. The Morgan fingerprint density at radius 2 is 1.70 bits per heavy atom. The maximum atomic E-state index is 11.4. The van der Waals surface area contributed by atoms with E-state index in [2.05, 4.69) is 35.7 Å². The Balaban J connectivity index is 1.87. The molecule has 4 nitrogen and oxygen atoms in total. The van der Waals surface area contributed by atoms with Crippen molar-refractivity contribution < 1.29 is 14.1 Å². The molecule has 0 saturated carbocycles. The third-order valence-electron chi connectivity index (χ3n) is 5.11. The molecule has 1 fully saturated rings. The van der Waals surface area contributed by atoms with Crippen molar-refractivity contribution >= 4 is 30.4 Å². The van der Waals surface area contributed by atoms with Crippen molar-refractivity contribution in [3.63, 3.8) is 0 Å². The van der Waals surface area contributed by atoms with Crippen molar-refractivity contribution in [3.8, 4) is 10.4 Å². The second-order valence-electron chi connectivity index (χ2n) is 7.79. The molecule has 1 N–H and O–H groups in total. The van der Waals surface area contributed by atoms with E-state index in [0.29, 0.717) is 6.54 Å². The Bertz CT molecular complexity index is 826. The molecule has 0 bridgehead atoms. The van der Waals surface area contributed by atoms with Gasteiger partial charge < -0.3 is 14.6 Å². The number of carbonyl (C=O) groups excluding carboxylic acids is 1. The standard InChI is InChI=1S/C21H26BNO3S/c1-15(24)23-14-17(22-25-20(2,3)21(4,5)26-22)13-18-11-12-19(27-18)16-9-7-6-8-10-16/h6-13H,14H2,1-5H3,(H,23,24). The van der Waals surface area contributed by atoms with Crippen LogP contribution in [0.4, 0.5) is 0 Å². The molecule has 1 aliphatic rings. The lowest BCUT2D eigenvalue weighted by molar-refractivity contribution is -0.118. The quantitative estimate of drug-likeness (QED) is 0.770. The van der Waals surface area contributed by atoms with Crippen LogP contribution in [0.5, 0.6) is 0 Å². The van der Waals surface area contributed by atoms with Gasteiger partial charge in [0, 0.05) is 23.2 Å². The molecule has 3 rings (SSSR count). The number of benzene rings is 1. The Labute approximate surface area is 165 Å². The minimum absolute atomic E-state index is 0.0754. The van der Waals surface area contributed by atoms with Gasteiger partial charge in [0.2, 0.25) is 5.91 Å². The molecule has 2 heterocycles. The largest absolute Gasteiger partial charge is 0.492 e. The van der Waals surface area contributed by atoms with Crippen LogP contribution in [-0.4, -0.2) is 30.8 Å². The number of carbonyl (C=O) groups is 1. The van der Waals surface area contributed by atoms with Crippen LogP contribution in [0.1, 0.15) is 39.5 Å². The Morgan fingerprint density at radius 1 is 1.07 bits per heavy atom. The zero-order chi connectivity index (χ0) is 19.7. The SMILES string of the molecule is CC(=O)NCC(=Cc1ccc(-c2ccccc2)s1)B1OC(C)(C)C(C)(C)O1. The van der Waals surface area contributed by atoms with E-state index in [1.54, 1.807) is 11.3 Å². The third-order valence-corrected chi connectivity index (χ3v) is 6.19. The summed E-state index contributed by atoms with van der Waals surface area (Å²) in [6, 6.07) is 14.5. The van der Waals surface area contributed by atoms with Gasteiger partial charge in [0.1, 0.15) is 0 Å². The normalized spacial score (nSPS) is 18.6. The number of hydrogen-bond acceptors (Lipinski definition) is 4. The smallest absolute Gasteiger partial charge is 0.400 e. The molecule has 2 aromatic rings. The van der Waals surface area contributed by atoms with Gasteiger partial charge in [0.25, 0.3) is 0 Å². The van der Waals surface area contributed by atoms with Gasteiger partial charge in [-0.1, -0.05) is 30.3 Å². The molecule has 0 aliphatic carbocycles. The predicted octanol–water partition coefficient (Wildman–Crippen LogP) is 4.57. The lowest BCUT2D eigenvalue weighted by atomic mass is 9.77. The first kappa shape index (κ1) is 19.9. The van der Waals surface area contributed by atoms with Gasteiger partial charge in [-0.3, -0.25) is 4.79 Å². The molecule has 27 heavy (non-hydrogen) atoms. The van der Waals surface area contributed by atoms with Crippen molar-refractivity contribution in [2.75, 3.05) is 6.54 Å². The Morgan fingerprint density at radius 3 is 2.30 bits per heavy atom. The lowest BCUT2D eigenvalue weighted by Crippen LogP contribution is -2.41. The zero-order valence-electron chi connectivity index (χ0n) is 16.5. The average molecular weight is 383 g/mol. The maximum Gasteiger partial charge on any atom is 0.492 e. The van der Waals surface area contributed by atoms with Crippen molar-refractivity contribution in [1.29, 1.82) is 0 Å². The Kier molecular flexibility index (Phi) is 5.61. The maximum absolute atomic E-state index is 11.4. The molecule has 142 valence electrons. The lowest BCUT2D eigenvalue weighted by Gasteiger charge is -2.32. The van der Waals surface area contributed by atoms with Gasteiger partial charge in [-0.2, -0.15) is 0 Å². The van der Waals surface area contributed by atoms with Crippen LogP contribution in [0.3, 0.4) is 0 Å². The highest BCUT2D eigenvalue weighted by Gasteiger charge is 2.52. The minimum Gasteiger partial charge on any atom is -0.400 e. The second-order valence-corrected chi connectivity index (χ2v) is 8.90. The van der Waals surface area contributed by atoms with Crippen LogP contribution < -0.4 is 5.32 Å². The number of nitrogens with one attached hydrogen (secondary N) is 1. The summed E-state index contributed by atoms with van der Waals surface area (Å²) in [5.74, 6) is -0.0754. The van der Waals surface area contributed by atoms with Crippen molar-refractivity contribution in [2.45, 2.75) is 45.8 Å². The van der Waals surface area contributed by atoms with Crippen LogP contribution >= 0.6 is 11.3 Å². The van der Waals surface area contributed by atoms with Crippen LogP contribution in [-0.2, 0) is 14.1 Å². The number of amides is 1. The van der Waals surface area contributed by atoms with Gasteiger partial charge in [-0.05, 0) is 56.9 Å². The summed E-state index contributed by atoms with van der Waals surface area (Å²) in [6.45, 7) is 10.0. The van der Waals surface area contributed by atoms with Gasteiger partial charge >= 0.3 is 7.12 Å². The summed E-state index contributed by atoms with van der Waals surface area (Å²) in [5.41, 5.74) is 1.27. The fourth-order valence-electron chi connectivity index (χ4n) is 2.79. The number of thiophene rings is 1. The molecule has 0 radical (unpaired) electrons. The highest BCUT2D eigenvalue weighted by atomic mass is 32.1. The molecule has 0 atom stereocenters. The molecule has 1 saturated heterocycles. The van der Waals surface area contributed by atoms with Gasteiger partial charge in [-0.15, -0.1) is 11.3 Å². The first-order valence-corrected chi connectivity index (χ1v) is 9.95. The summed E-state index contributed by atoms with van der Waals surface area (Å²) in [5, 5.41) is 2.87. The van der Waals surface area contributed by atoms with E-state index in [1.807, 2.05) is 45.9 Å². The fraction of sp³-hybridized carbons (Fsp3) is 0.381. The van der Waals surface area contributed by atoms with Gasteiger partial charge in [0.15, 0.2) is 0 Å². The van der Waals surface area contributed by atoms with E-state index >= 15 is 0 Å². The molecular formula is C21H26BNO3S. The minimum atomic E-state index is -0.482. The van der Waals surface area contributed by atoms with Crippen LogP contribution in [0.2, 0.25) is 0 Å².